The number of nitrogens with one attached hydrogen (secondary N) is 1. The molecule has 30 heavy (non-hydrogen) atoms. The Morgan fingerprint density at radius 3 is 2.57 bits per heavy atom. The normalized spacial score (nSPS) is 12.0. The number of thiazole rings is 2. The number of carbonyl (C=O) groups is 1. The molecule has 2 heterocycles. The number of methoxy groups -OCH3 is 1. The molecule has 0 fully saturated rings. The zero-order valence-electron chi connectivity index (χ0n) is 16.4. The van der Waals surface area contributed by atoms with E-state index in [4.69, 9.17) is 4.74 Å². The molecule has 156 valence electrons. The number of hydrogen-bond acceptors (Lipinski definition) is 8. The van der Waals surface area contributed by atoms with Crippen LogP contribution in [0.25, 0.3) is 20.4 Å². The number of amides is 1. The Bertz CT molecular complexity index is 1360. The quantitative estimate of drug-likeness (QED) is 0.471. The van der Waals surface area contributed by atoms with Crippen molar-refractivity contribution in [3.05, 3.63) is 41.4 Å². The van der Waals surface area contributed by atoms with Gasteiger partial charge in [-0.3, -0.25) is 4.79 Å². The van der Waals surface area contributed by atoms with E-state index >= 15 is 0 Å². The molecule has 0 saturated heterocycles. The maximum absolute atomic E-state index is 12.9. The van der Waals surface area contributed by atoms with E-state index < -0.39 is 15.9 Å². The first-order valence-corrected chi connectivity index (χ1v) is 11.9. The highest BCUT2D eigenvalue weighted by Gasteiger charge is 2.24. The molecule has 0 bridgehead atoms. The molecule has 0 aliphatic rings. The standard InChI is InChI=1S/C19H18N4O4S3/c1-11-20-14-7-5-13(9-17(14)28-11)30(25,26)23(2)10-18(24)22-19-21-15-6-4-12(27-3)8-16(15)29-19/h4-9H,10H2,1-3H3,(H,21,22,24). The Morgan fingerprint density at radius 1 is 1.10 bits per heavy atom. The van der Waals surface area contributed by atoms with Crippen LogP contribution >= 0.6 is 22.7 Å². The summed E-state index contributed by atoms with van der Waals surface area (Å²) in [6.45, 7) is 1.54. The average Bonchev–Trinajstić information content (AvgIpc) is 3.27. The number of aromatic nitrogens is 2. The predicted molar refractivity (Wildman–Crippen MR) is 119 cm³/mol. The maximum Gasteiger partial charge on any atom is 0.243 e. The van der Waals surface area contributed by atoms with Gasteiger partial charge in [-0.2, -0.15) is 4.31 Å². The molecule has 0 atom stereocenters. The van der Waals surface area contributed by atoms with Crippen molar-refractivity contribution in [3.8, 4) is 5.75 Å². The highest BCUT2D eigenvalue weighted by Crippen LogP contribution is 2.29. The highest BCUT2D eigenvalue weighted by atomic mass is 32.2. The number of sulfonamides is 1. The molecule has 0 aliphatic heterocycles. The van der Waals surface area contributed by atoms with Crippen LogP contribution < -0.4 is 10.1 Å². The summed E-state index contributed by atoms with van der Waals surface area (Å²) in [4.78, 5) is 21.2. The van der Waals surface area contributed by atoms with Crippen molar-refractivity contribution in [2.45, 2.75) is 11.8 Å². The lowest BCUT2D eigenvalue weighted by Gasteiger charge is -2.16. The number of nitrogens with zero attached hydrogens (tertiary/aromatic N) is 3. The summed E-state index contributed by atoms with van der Waals surface area (Å²) < 4.78 is 33.6. The number of rotatable bonds is 6. The lowest BCUT2D eigenvalue weighted by atomic mass is 10.3. The Hall–Kier alpha value is -2.60. The van der Waals surface area contributed by atoms with Crippen LogP contribution in [0.1, 0.15) is 5.01 Å². The summed E-state index contributed by atoms with van der Waals surface area (Å²) in [7, 11) is -0.871. The minimum Gasteiger partial charge on any atom is -0.497 e. The van der Waals surface area contributed by atoms with Gasteiger partial charge in [0.1, 0.15) is 5.75 Å². The number of aryl methyl sites for hydroxylation is 1. The molecule has 4 rings (SSSR count). The van der Waals surface area contributed by atoms with E-state index in [2.05, 4.69) is 15.3 Å². The van der Waals surface area contributed by atoms with Crippen molar-refractivity contribution in [1.29, 1.82) is 0 Å². The minimum atomic E-state index is -3.82. The second kappa shape index (κ2) is 7.91. The van der Waals surface area contributed by atoms with E-state index in [0.717, 1.165) is 29.7 Å². The number of likely N-dealkylation sites (N-methyl/N-ethyl adjacent to an activating group) is 1. The van der Waals surface area contributed by atoms with Gasteiger partial charge in [-0.25, -0.2) is 18.4 Å². The van der Waals surface area contributed by atoms with E-state index in [-0.39, 0.29) is 11.4 Å². The first-order chi connectivity index (χ1) is 14.3. The Balaban J connectivity index is 1.49. The molecule has 4 aromatic rings. The van der Waals surface area contributed by atoms with Gasteiger partial charge in [0.05, 0.1) is 44.0 Å². The van der Waals surface area contributed by atoms with Crippen molar-refractivity contribution in [2.24, 2.45) is 0 Å². The van der Waals surface area contributed by atoms with Gasteiger partial charge in [-0.1, -0.05) is 11.3 Å². The number of fused-ring (bicyclic) bond motifs is 2. The van der Waals surface area contributed by atoms with E-state index in [1.54, 1.807) is 31.4 Å². The molecule has 0 aliphatic carbocycles. The van der Waals surface area contributed by atoms with Crippen LogP contribution in [0.5, 0.6) is 5.75 Å². The Labute approximate surface area is 181 Å². The second-order valence-electron chi connectivity index (χ2n) is 6.52. The summed E-state index contributed by atoms with van der Waals surface area (Å²) in [5.41, 5.74) is 1.48. The molecule has 11 heteroatoms. The van der Waals surface area contributed by atoms with Crippen LogP contribution in [0.2, 0.25) is 0 Å². The fourth-order valence-corrected chi connectivity index (χ4v) is 5.90. The van der Waals surface area contributed by atoms with Gasteiger partial charge in [0.25, 0.3) is 0 Å². The van der Waals surface area contributed by atoms with Crippen molar-refractivity contribution in [1.82, 2.24) is 14.3 Å². The largest absolute Gasteiger partial charge is 0.497 e. The van der Waals surface area contributed by atoms with E-state index in [1.807, 2.05) is 13.0 Å². The van der Waals surface area contributed by atoms with Crippen molar-refractivity contribution < 1.29 is 17.9 Å². The van der Waals surface area contributed by atoms with Crippen LogP contribution in [0, 0.1) is 6.92 Å². The smallest absolute Gasteiger partial charge is 0.243 e. The van der Waals surface area contributed by atoms with E-state index in [0.29, 0.717) is 10.9 Å². The Kier molecular flexibility index (Phi) is 5.45. The average molecular weight is 463 g/mol. The summed E-state index contributed by atoms with van der Waals surface area (Å²) in [5, 5.41) is 3.93. The predicted octanol–water partition coefficient (Wildman–Crippen LogP) is 3.48. The van der Waals surface area contributed by atoms with Gasteiger partial charge in [-0.15, -0.1) is 11.3 Å². The fraction of sp³-hybridized carbons (Fsp3) is 0.211. The summed E-state index contributed by atoms with van der Waals surface area (Å²) >= 11 is 2.72. The van der Waals surface area contributed by atoms with Gasteiger partial charge < -0.3 is 10.1 Å². The number of ether oxygens (including phenoxy) is 1. The minimum absolute atomic E-state index is 0.126. The molecule has 8 nitrogen and oxygen atoms in total. The fourth-order valence-electron chi connectivity index (χ4n) is 2.89. The van der Waals surface area contributed by atoms with E-state index in [9.17, 15) is 13.2 Å². The van der Waals surface area contributed by atoms with Crippen molar-refractivity contribution in [3.63, 3.8) is 0 Å². The molecule has 0 radical (unpaired) electrons. The van der Waals surface area contributed by atoms with E-state index in [1.165, 1.54) is 35.8 Å². The molecule has 0 unspecified atom stereocenters. The molecular formula is C19H18N4O4S3. The monoisotopic (exact) mass is 462 g/mol. The third-order valence-corrected chi connectivity index (χ3v) is 8.05. The molecule has 1 amide bonds. The van der Waals surface area contributed by atoms with Gasteiger partial charge in [0, 0.05) is 7.05 Å². The molecule has 1 N–H and O–H groups in total. The summed E-state index contributed by atoms with van der Waals surface area (Å²) in [5.74, 6) is 0.227. The van der Waals surface area contributed by atoms with Crippen LogP contribution in [0.15, 0.2) is 41.3 Å². The lowest BCUT2D eigenvalue weighted by molar-refractivity contribution is -0.116. The van der Waals surface area contributed by atoms with Crippen molar-refractivity contribution >= 4 is 64.2 Å². The van der Waals surface area contributed by atoms with Gasteiger partial charge in [-0.05, 0) is 43.3 Å². The first-order valence-electron chi connectivity index (χ1n) is 8.84. The number of benzene rings is 2. The number of anilines is 1. The SMILES string of the molecule is COc1ccc2nc(NC(=O)CN(C)S(=O)(=O)c3ccc4nc(C)sc4c3)sc2c1. The van der Waals surface area contributed by atoms with Crippen LogP contribution in [-0.4, -0.2) is 49.3 Å². The molecule has 2 aromatic heterocycles. The van der Waals surface area contributed by atoms with Crippen molar-refractivity contribution in [2.75, 3.05) is 26.0 Å². The van der Waals surface area contributed by atoms with Crippen LogP contribution in [0.4, 0.5) is 5.13 Å². The Morgan fingerprint density at radius 2 is 1.80 bits per heavy atom. The van der Waals surface area contributed by atoms with Gasteiger partial charge >= 0.3 is 0 Å². The zero-order valence-corrected chi connectivity index (χ0v) is 18.8. The number of hydrogen-bond donors (Lipinski definition) is 1. The zero-order chi connectivity index (χ0) is 21.5. The molecular weight excluding hydrogens is 444 g/mol. The van der Waals surface area contributed by atoms with Crippen LogP contribution in [0.3, 0.4) is 0 Å². The second-order valence-corrected chi connectivity index (χ2v) is 10.8. The maximum atomic E-state index is 12.9. The summed E-state index contributed by atoms with van der Waals surface area (Å²) in [6.07, 6.45) is 0. The summed E-state index contributed by atoms with van der Waals surface area (Å²) in [6, 6.07) is 10.2. The highest BCUT2D eigenvalue weighted by molar-refractivity contribution is 7.89. The first kappa shape index (κ1) is 20.7. The van der Waals surface area contributed by atoms with Gasteiger partial charge in [0.15, 0.2) is 5.13 Å². The molecule has 0 saturated carbocycles. The molecule has 0 spiro atoms. The van der Waals surface area contributed by atoms with Gasteiger partial charge in [0.2, 0.25) is 15.9 Å². The topological polar surface area (TPSA) is 101 Å². The third kappa shape index (κ3) is 4.01. The number of carbonyl (C=O) groups excluding carboxylic acids is 1. The van der Waals surface area contributed by atoms with Crippen LogP contribution in [-0.2, 0) is 14.8 Å². The molecule has 2 aromatic carbocycles. The lowest BCUT2D eigenvalue weighted by Crippen LogP contribution is -2.34. The third-order valence-electron chi connectivity index (χ3n) is 4.38.